The number of aromatic nitrogens is 3. The monoisotopic (exact) mass is 448 g/mol. The average molecular weight is 449 g/mol. The molecule has 3 fully saturated rings. The molecule has 1 atom stereocenters. The molecule has 0 saturated carbocycles. The van der Waals surface area contributed by atoms with Crippen LogP contribution in [0.3, 0.4) is 0 Å². The first-order valence-corrected chi connectivity index (χ1v) is 11.7. The van der Waals surface area contributed by atoms with E-state index in [2.05, 4.69) is 33.5 Å². The Bertz CT molecular complexity index is 1130. The van der Waals surface area contributed by atoms with Gasteiger partial charge in [0, 0.05) is 56.4 Å². The lowest BCUT2D eigenvalue weighted by atomic mass is 10.1. The van der Waals surface area contributed by atoms with Gasteiger partial charge in [0.2, 0.25) is 0 Å². The van der Waals surface area contributed by atoms with Gasteiger partial charge in [0.1, 0.15) is 0 Å². The van der Waals surface area contributed by atoms with Gasteiger partial charge in [-0.25, -0.2) is 9.31 Å². The molecule has 0 aliphatic carbocycles. The van der Waals surface area contributed by atoms with Crippen LogP contribution in [0, 0.1) is 0 Å². The predicted molar refractivity (Wildman–Crippen MR) is 123 cm³/mol. The molecule has 3 saturated heterocycles. The van der Waals surface area contributed by atoms with Crippen LogP contribution in [0.25, 0.3) is 16.8 Å². The number of anilines is 1. The number of ether oxygens (including phenoxy) is 2. The number of carbonyl (C=O) groups is 1. The first kappa shape index (κ1) is 20.4. The molecule has 3 aromatic rings. The fourth-order valence-corrected chi connectivity index (χ4v) is 4.79. The Hall–Kier alpha value is -3.17. The third-order valence-electron chi connectivity index (χ3n) is 6.78. The molecule has 0 spiro atoms. The summed E-state index contributed by atoms with van der Waals surface area (Å²) in [6.45, 7) is 4.85. The Labute approximate surface area is 192 Å². The number of fused-ring (bicyclic) bond motifs is 1. The van der Waals surface area contributed by atoms with Gasteiger partial charge in [-0.05, 0) is 43.1 Å². The van der Waals surface area contributed by atoms with Gasteiger partial charge in [-0.2, -0.15) is 5.10 Å². The minimum Gasteiger partial charge on any atom is -0.441 e. The van der Waals surface area contributed by atoms with Crippen LogP contribution in [0.1, 0.15) is 24.4 Å². The highest BCUT2D eigenvalue weighted by Crippen LogP contribution is 2.29. The van der Waals surface area contributed by atoms with Crippen molar-refractivity contribution in [2.75, 3.05) is 50.8 Å². The SMILES string of the molecule is O=C(OC1COC1)N1CCN(c2ccnn3cc(-c4ccc(C5CCCN5)cn4)cc23)CC1. The summed E-state index contributed by atoms with van der Waals surface area (Å²) >= 11 is 0. The van der Waals surface area contributed by atoms with Crippen molar-refractivity contribution in [2.45, 2.75) is 25.0 Å². The normalized spacial score (nSPS) is 21.4. The van der Waals surface area contributed by atoms with E-state index in [0.29, 0.717) is 32.3 Å². The summed E-state index contributed by atoms with van der Waals surface area (Å²) in [5.41, 5.74) is 5.40. The molecule has 1 N–H and O–H groups in total. The molecule has 3 aliphatic rings. The van der Waals surface area contributed by atoms with Crippen molar-refractivity contribution in [3.05, 3.63) is 48.4 Å². The number of nitrogens with zero attached hydrogens (tertiary/aromatic N) is 5. The smallest absolute Gasteiger partial charge is 0.410 e. The Balaban J connectivity index is 1.17. The number of hydrogen-bond donors (Lipinski definition) is 1. The van der Waals surface area contributed by atoms with Crippen LogP contribution in [0.2, 0.25) is 0 Å². The Morgan fingerprint density at radius 3 is 2.73 bits per heavy atom. The maximum absolute atomic E-state index is 12.3. The highest BCUT2D eigenvalue weighted by Gasteiger charge is 2.28. The minimum absolute atomic E-state index is 0.0911. The second-order valence-corrected chi connectivity index (χ2v) is 8.92. The van der Waals surface area contributed by atoms with Gasteiger partial charge in [0.05, 0.1) is 30.1 Å². The number of amides is 1. The number of hydrogen-bond acceptors (Lipinski definition) is 7. The average Bonchev–Trinajstić information content (AvgIpc) is 3.51. The molecular weight excluding hydrogens is 420 g/mol. The number of piperazine rings is 1. The van der Waals surface area contributed by atoms with Crippen molar-refractivity contribution < 1.29 is 14.3 Å². The second kappa shape index (κ2) is 8.64. The summed E-state index contributed by atoms with van der Waals surface area (Å²) in [6, 6.07) is 8.89. The third kappa shape index (κ3) is 4.02. The molecular formula is C24H28N6O3. The molecule has 172 valence electrons. The number of rotatable bonds is 4. The zero-order chi connectivity index (χ0) is 22.2. The number of carbonyl (C=O) groups excluding carboxylic acids is 1. The highest BCUT2D eigenvalue weighted by atomic mass is 16.6. The molecule has 3 aliphatic heterocycles. The quantitative estimate of drug-likeness (QED) is 0.656. The van der Waals surface area contributed by atoms with Crippen LogP contribution in [0.4, 0.5) is 10.5 Å². The maximum Gasteiger partial charge on any atom is 0.410 e. The maximum atomic E-state index is 12.3. The van der Waals surface area contributed by atoms with E-state index in [4.69, 9.17) is 14.5 Å². The van der Waals surface area contributed by atoms with Crippen LogP contribution in [0.5, 0.6) is 0 Å². The van der Waals surface area contributed by atoms with Crippen molar-refractivity contribution in [1.29, 1.82) is 0 Å². The molecule has 1 amide bonds. The number of nitrogens with one attached hydrogen (secondary N) is 1. The van der Waals surface area contributed by atoms with E-state index in [1.54, 1.807) is 4.90 Å². The van der Waals surface area contributed by atoms with Crippen LogP contribution in [0.15, 0.2) is 42.9 Å². The summed E-state index contributed by atoms with van der Waals surface area (Å²) in [6.07, 6.45) is 7.90. The first-order valence-electron chi connectivity index (χ1n) is 11.7. The van der Waals surface area contributed by atoms with Gasteiger partial charge < -0.3 is 24.6 Å². The predicted octanol–water partition coefficient (Wildman–Crippen LogP) is 2.48. The molecule has 33 heavy (non-hydrogen) atoms. The van der Waals surface area contributed by atoms with E-state index >= 15 is 0 Å². The summed E-state index contributed by atoms with van der Waals surface area (Å²) in [7, 11) is 0. The lowest BCUT2D eigenvalue weighted by Gasteiger charge is -2.37. The standard InChI is InChI=1S/C24H28N6O3/c31-24(33-19-15-32-16-19)29-10-8-28(9-11-29)22-5-7-27-30-14-18(12-23(22)30)21-4-3-17(13-26-21)20-2-1-6-25-20/h3-5,7,12-14,19-20,25H,1-2,6,8-11,15-16H2. The zero-order valence-electron chi connectivity index (χ0n) is 18.5. The van der Waals surface area contributed by atoms with E-state index in [1.165, 1.54) is 18.4 Å². The molecule has 1 unspecified atom stereocenters. The van der Waals surface area contributed by atoms with E-state index < -0.39 is 0 Å². The van der Waals surface area contributed by atoms with E-state index in [1.807, 2.05) is 29.2 Å². The Morgan fingerprint density at radius 2 is 2.03 bits per heavy atom. The van der Waals surface area contributed by atoms with Crippen molar-refractivity contribution in [2.24, 2.45) is 0 Å². The molecule has 9 heteroatoms. The van der Waals surface area contributed by atoms with Gasteiger partial charge in [0.25, 0.3) is 0 Å². The van der Waals surface area contributed by atoms with Crippen LogP contribution < -0.4 is 10.2 Å². The molecule has 6 rings (SSSR count). The van der Waals surface area contributed by atoms with Gasteiger partial charge in [-0.15, -0.1) is 0 Å². The number of pyridine rings is 1. The van der Waals surface area contributed by atoms with Gasteiger partial charge in [-0.3, -0.25) is 4.98 Å². The topological polar surface area (TPSA) is 84.2 Å². The Kier molecular flexibility index (Phi) is 5.35. The fourth-order valence-electron chi connectivity index (χ4n) is 4.79. The summed E-state index contributed by atoms with van der Waals surface area (Å²) in [4.78, 5) is 21.1. The van der Waals surface area contributed by atoms with Gasteiger partial charge in [0.15, 0.2) is 6.10 Å². The molecule has 9 nitrogen and oxygen atoms in total. The zero-order valence-corrected chi connectivity index (χ0v) is 18.5. The van der Waals surface area contributed by atoms with Crippen LogP contribution >= 0.6 is 0 Å². The van der Waals surface area contributed by atoms with Gasteiger partial charge in [-0.1, -0.05) is 6.07 Å². The van der Waals surface area contributed by atoms with Crippen LogP contribution in [-0.4, -0.2) is 77.6 Å². The lowest BCUT2D eigenvalue weighted by Crippen LogP contribution is -2.51. The third-order valence-corrected chi connectivity index (χ3v) is 6.78. The minimum atomic E-state index is -0.241. The van der Waals surface area contributed by atoms with Crippen LogP contribution in [-0.2, 0) is 9.47 Å². The molecule has 0 radical (unpaired) electrons. The first-order chi connectivity index (χ1) is 16.2. The lowest BCUT2D eigenvalue weighted by molar-refractivity contribution is -0.104. The van der Waals surface area contributed by atoms with Crippen molar-refractivity contribution in [3.63, 3.8) is 0 Å². The summed E-state index contributed by atoms with van der Waals surface area (Å²) < 4.78 is 12.4. The molecule has 0 aromatic carbocycles. The summed E-state index contributed by atoms with van der Waals surface area (Å²) in [5, 5.41) is 8.04. The Morgan fingerprint density at radius 1 is 1.15 bits per heavy atom. The second-order valence-electron chi connectivity index (χ2n) is 8.92. The van der Waals surface area contributed by atoms with Gasteiger partial charge >= 0.3 is 6.09 Å². The van der Waals surface area contributed by atoms with E-state index in [-0.39, 0.29) is 12.2 Å². The molecule has 0 bridgehead atoms. The largest absolute Gasteiger partial charge is 0.441 e. The van der Waals surface area contributed by atoms with Crippen molar-refractivity contribution in [1.82, 2.24) is 24.8 Å². The fraction of sp³-hybridized carbons (Fsp3) is 0.458. The molecule has 6 heterocycles. The molecule has 3 aromatic heterocycles. The highest BCUT2D eigenvalue weighted by molar-refractivity contribution is 5.79. The van der Waals surface area contributed by atoms with Crippen molar-refractivity contribution in [3.8, 4) is 11.3 Å². The van der Waals surface area contributed by atoms with E-state index in [0.717, 1.165) is 42.1 Å². The van der Waals surface area contributed by atoms with Crippen molar-refractivity contribution >= 4 is 17.3 Å². The summed E-state index contributed by atoms with van der Waals surface area (Å²) in [5.74, 6) is 0. The van der Waals surface area contributed by atoms with E-state index in [9.17, 15) is 4.79 Å².